The average molecular weight is 360 g/mol. The molecule has 0 spiro atoms. The second kappa shape index (κ2) is 7.74. The zero-order valence-electron chi connectivity index (χ0n) is 14.9. The summed E-state index contributed by atoms with van der Waals surface area (Å²) in [6.07, 6.45) is 2.32. The molecule has 1 aromatic heterocycles. The van der Waals surface area contributed by atoms with Crippen LogP contribution in [0.15, 0.2) is 30.3 Å². The fourth-order valence-electron chi connectivity index (χ4n) is 3.21. The minimum Gasteiger partial charge on any atom is -0.497 e. The van der Waals surface area contributed by atoms with Crippen LogP contribution in [0.4, 0.5) is 8.78 Å². The maximum absolute atomic E-state index is 14.3. The van der Waals surface area contributed by atoms with Crippen molar-refractivity contribution in [2.24, 2.45) is 5.73 Å². The molecule has 138 valence electrons. The van der Waals surface area contributed by atoms with E-state index >= 15 is 0 Å². The number of halogens is 2. The van der Waals surface area contributed by atoms with Crippen LogP contribution in [-0.2, 0) is 6.42 Å². The first kappa shape index (κ1) is 18.2. The highest BCUT2D eigenvalue weighted by atomic mass is 19.1. The topological polar surface area (TPSA) is 60.3 Å². The van der Waals surface area contributed by atoms with Crippen molar-refractivity contribution in [3.05, 3.63) is 47.5 Å². The number of unbranched alkanes of at least 4 members (excludes halogenated alkanes) is 1. The first-order valence-electron chi connectivity index (χ1n) is 8.51. The number of methoxy groups -OCH3 is 2. The van der Waals surface area contributed by atoms with Gasteiger partial charge in [-0.3, -0.25) is 0 Å². The molecule has 3 aromatic rings. The van der Waals surface area contributed by atoms with Crippen molar-refractivity contribution in [1.82, 2.24) is 4.98 Å². The van der Waals surface area contributed by atoms with E-state index in [-0.39, 0.29) is 0 Å². The van der Waals surface area contributed by atoms with Gasteiger partial charge in [0.2, 0.25) is 0 Å². The number of nitrogens with one attached hydrogen (secondary N) is 1. The van der Waals surface area contributed by atoms with Crippen molar-refractivity contribution in [1.29, 1.82) is 0 Å². The molecule has 0 atom stereocenters. The highest BCUT2D eigenvalue weighted by Crippen LogP contribution is 2.39. The van der Waals surface area contributed by atoms with Gasteiger partial charge in [-0.1, -0.05) is 0 Å². The minimum atomic E-state index is -0.612. The van der Waals surface area contributed by atoms with E-state index < -0.39 is 11.6 Å². The molecule has 26 heavy (non-hydrogen) atoms. The lowest BCUT2D eigenvalue weighted by molar-refractivity contribution is 0.395. The molecule has 3 N–H and O–H groups in total. The van der Waals surface area contributed by atoms with E-state index in [2.05, 4.69) is 4.98 Å². The van der Waals surface area contributed by atoms with Gasteiger partial charge >= 0.3 is 0 Å². The van der Waals surface area contributed by atoms with Gasteiger partial charge in [0.15, 0.2) is 0 Å². The predicted molar refractivity (Wildman–Crippen MR) is 98.7 cm³/mol. The summed E-state index contributed by atoms with van der Waals surface area (Å²) in [7, 11) is 3.14. The fourth-order valence-corrected chi connectivity index (χ4v) is 3.21. The van der Waals surface area contributed by atoms with Gasteiger partial charge in [0, 0.05) is 23.1 Å². The Hall–Kier alpha value is -2.60. The summed E-state index contributed by atoms with van der Waals surface area (Å²) in [6, 6.07) is 7.68. The third kappa shape index (κ3) is 3.37. The third-order valence-electron chi connectivity index (χ3n) is 4.49. The minimum absolute atomic E-state index is 0.294. The van der Waals surface area contributed by atoms with Crippen molar-refractivity contribution < 1.29 is 18.3 Å². The van der Waals surface area contributed by atoms with Gasteiger partial charge in [0.25, 0.3) is 0 Å². The quantitative estimate of drug-likeness (QED) is 0.614. The molecule has 0 aliphatic rings. The molecule has 0 bridgehead atoms. The molecular formula is C20H22F2N2O2. The molecule has 6 heteroatoms. The normalized spacial score (nSPS) is 11.1. The number of fused-ring (bicyclic) bond motifs is 1. The number of rotatable bonds is 7. The molecular weight excluding hydrogens is 338 g/mol. The van der Waals surface area contributed by atoms with Crippen LogP contribution in [0.3, 0.4) is 0 Å². The lowest BCUT2D eigenvalue weighted by atomic mass is 9.99. The van der Waals surface area contributed by atoms with Crippen LogP contribution in [0.5, 0.6) is 11.5 Å². The number of benzene rings is 2. The van der Waals surface area contributed by atoms with Crippen LogP contribution in [0.1, 0.15) is 18.4 Å². The zero-order chi connectivity index (χ0) is 18.7. The summed E-state index contributed by atoms with van der Waals surface area (Å²) in [6.45, 7) is 0.576. The maximum Gasteiger partial charge on any atom is 0.150 e. The van der Waals surface area contributed by atoms with Crippen LogP contribution < -0.4 is 15.2 Å². The molecule has 0 saturated heterocycles. The van der Waals surface area contributed by atoms with Crippen molar-refractivity contribution >= 4 is 10.9 Å². The van der Waals surface area contributed by atoms with Crippen molar-refractivity contribution in [2.45, 2.75) is 19.3 Å². The predicted octanol–water partition coefficient (Wildman–Crippen LogP) is 4.41. The van der Waals surface area contributed by atoms with Crippen molar-refractivity contribution in [3.8, 4) is 22.8 Å². The Morgan fingerprint density at radius 3 is 2.54 bits per heavy atom. The molecule has 0 saturated carbocycles. The number of H-pyrrole nitrogens is 1. The lowest BCUT2D eigenvalue weighted by Gasteiger charge is -2.11. The summed E-state index contributed by atoms with van der Waals surface area (Å²) in [5.41, 5.74) is 8.24. The average Bonchev–Trinajstić information content (AvgIpc) is 3.00. The summed E-state index contributed by atoms with van der Waals surface area (Å²) in [5.74, 6) is 0.0432. The van der Waals surface area contributed by atoms with Gasteiger partial charge in [-0.2, -0.15) is 0 Å². The first-order valence-corrected chi connectivity index (χ1v) is 8.51. The van der Waals surface area contributed by atoms with Gasteiger partial charge in [0.1, 0.15) is 23.1 Å². The SMILES string of the molecule is COc1ccc(-c2[nH]c3c(F)cc(F)cc3c2CCCCN)c(OC)c1. The zero-order valence-corrected chi connectivity index (χ0v) is 14.9. The number of aromatic amines is 1. The van der Waals surface area contributed by atoms with Crippen LogP contribution >= 0.6 is 0 Å². The number of ether oxygens (including phenoxy) is 2. The highest BCUT2D eigenvalue weighted by Gasteiger charge is 2.19. The molecule has 3 rings (SSSR count). The Balaban J connectivity index is 2.21. The molecule has 0 aliphatic carbocycles. The Labute approximate surface area is 150 Å². The fraction of sp³-hybridized carbons (Fsp3) is 0.300. The molecule has 0 unspecified atom stereocenters. The standard InChI is InChI=1S/C20H22F2N2O2/c1-25-13-6-7-15(18(11-13)26-2)19-14(5-3-4-8-23)16-9-12(21)10-17(22)20(16)24-19/h6-7,9-11,24H,3-5,8,23H2,1-2H3. The number of aryl methyl sites for hydroxylation is 1. The Morgan fingerprint density at radius 1 is 1.04 bits per heavy atom. The smallest absolute Gasteiger partial charge is 0.150 e. The lowest BCUT2D eigenvalue weighted by Crippen LogP contribution is -1.99. The molecule has 0 aliphatic heterocycles. The van der Waals surface area contributed by atoms with E-state index in [1.807, 2.05) is 12.1 Å². The van der Waals surface area contributed by atoms with Crippen molar-refractivity contribution in [3.63, 3.8) is 0 Å². The molecule has 0 radical (unpaired) electrons. The van der Waals surface area contributed by atoms with Gasteiger partial charge in [-0.25, -0.2) is 8.78 Å². The van der Waals surface area contributed by atoms with Crippen LogP contribution in [0.25, 0.3) is 22.2 Å². The third-order valence-corrected chi connectivity index (χ3v) is 4.49. The van der Waals surface area contributed by atoms with Crippen LogP contribution in [0, 0.1) is 11.6 Å². The summed E-state index contributed by atoms with van der Waals surface area (Å²) in [4.78, 5) is 3.12. The summed E-state index contributed by atoms with van der Waals surface area (Å²) in [5, 5.41) is 0.549. The van der Waals surface area contributed by atoms with Crippen LogP contribution in [0.2, 0.25) is 0 Å². The number of nitrogens with two attached hydrogens (primary N) is 1. The monoisotopic (exact) mass is 360 g/mol. The number of aromatic nitrogens is 1. The molecule has 2 aromatic carbocycles. The van der Waals surface area contributed by atoms with Crippen LogP contribution in [-0.4, -0.2) is 25.7 Å². The van der Waals surface area contributed by atoms with E-state index in [1.165, 1.54) is 6.07 Å². The first-order chi connectivity index (χ1) is 12.6. The summed E-state index contributed by atoms with van der Waals surface area (Å²) < 4.78 is 38.8. The summed E-state index contributed by atoms with van der Waals surface area (Å²) >= 11 is 0. The molecule has 1 heterocycles. The van der Waals surface area contributed by atoms with E-state index in [9.17, 15) is 8.78 Å². The van der Waals surface area contributed by atoms with Crippen molar-refractivity contribution in [2.75, 3.05) is 20.8 Å². The molecule has 0 amide bonds. The highest BCUT2D eigenvalue weighted by molar-refractivity contribution is 5.92. The maximum atomic E-state index is 14.3. The largest absolute Gasteiger partial charge is 0.497 e. The van der Waals surface area contributed by atoms with E-state index in [1.54, 1.807) is 20.3 Å². The second-order valence-electron chi connectivity index (χ2n) is 6.10. The van der Waals surface area contributed by atoms with E-state index in [0.717, 1.165) is 35.7 Å². The Bertz CT molecular complexity index is 922. The van der Waals surface area contributed by atoms with Gasteiger partial charge in [0.05, 0.1) is 25.4 Å². The molecule has 0 fully saturated rings. The van der Waals surface area contributed by atoms with Gasteiger partial charge in [-0.15, -0.1) is 0 Å². The number of hydrogen-bond acceptors (Lipinski definition) is 3. The Morgan fingerprint density at radius 2 is 1.85 bits per heavy atom. The second-order valence-corrected chi connectivity index (χ2v) is 6.10. The van der Waals surface area contributed by atoms with E-state index in [4.69, 9.17) is 15.2 Å². The van der Waals surface area contributed by atoms with Gasteiger partial charge in [-0.05, 0) is 49.6 Å². The molecule has 4 nitrogen and oxygen atoms in total. The number of hydrogen-bond donors (Lipinski definition) is 2. The van der Waals surface area contributed by atoms with Gasteiger partial charge < -0.3 is 20.2 Å². The van der Waals surface area contributed by atoms with E-state index in [0.29, 0.717) is 35.4 Å². The Kier molecular flexibility index (Phi) is 5.42.